The lowest BCUT2D eigenvalue weighted by Crippen LogP contribution is -2.04. The number of benzene rings is 1. The molecule has 0 saturated heterocycles. The maximum atomic E-state index is 14.7. The van der Waals surface area contributed by atoms with Crippen LogP contribution in [0.1, 0.15) is 24.6 Å². The molecule has 0 amide bonds. The molecule has 0 atom stereocenters. The number of alkyl halides is 2. The molecule has 0 fully saturated rings. The first-order chi connectivity index (χ1) is 14.8. The van der Waals surface area contributed by atoms with Gasteiger partial charge >= 0.3 is 0 Å². The Morgan fingerprint density at radius 3 is 2.65 bits per heavy atom. The third-order valence-electron chi connectivity index (χ3n) is 3.94. The number of rotatable bonds is 8. The molecule has 0 radical (unpaired) electrons. The van der Waals surface area contributed by atoms with Crippen molar-refractivity contribution in [2.45, 2.75) is 13.3 Å². The molecule has 2 heterocycles. The van der Waals surface area contributed by atoms with Gasteiger partial charge < -0.3 is 21.1 Å². The molecule has 0 aliphatic carbocycles. The fourth-order valence-electron chi connectivity index (χ4n) is 2.68. The zero-order chi connectivity index (χ0) is 22.5. The van der Waals surface area contributed by atoms with Crippen molar-refractivity contribution in [1.82, 2.24) is 15.0 Å². The van der Waals surface area contributed by atoms with Gasteiger partial charge in [0.2, 0.25) is 5.95 Å². The SMILES string of the molecule is C=C(Cl)c1c(Oc2ccc(Nc3cc(C(F)F)nc(N)n3)cc2F)ccnc1NCC. The van der Waals surface area contributed by atoms with Gasteiger partial charge in [-0.05, 0) is 25.1 Å². The van der Waals surface area contributed by atoms with Gasteiger partial charge in [0.25, 0.3) is 6.43 Å². The molecule has 3 aromatic rings. The first-order valence-corrected chi connectivity index (χ1v) is 9.41. The Morgan fingerprint density at radius 1 is 1.23 bits per heavy atom. The third kappa shape index (κ3) is 5.34. The minimum Gasteiger partial charge on any atom is -0.453 e. The molecule has 0 aliphatic heterocycles. The molecule has 11 heteroatoms. The molecule has 0 saturated carbocycles. The van der Waals surface area contributed by atoms with Crippen LogP contribution in [-0.2, 0) is 0 Å². The molecule has 0 bridgehead atoms. The van der Waals surface area contributed by atoms with E-state index in [9.17, 15) is 13.2 Å². The summed E-state index contributed by atoms with van der Waals surface area (Å²) in [4.78, 5) is 11.5. The maximum absolute atomic E-state index is 14.7. The number of ether oxygens (including phenoxy) is 1. The second-order valence-electron chi connectivity index (χ2n) is 6.18. The lowest BCUT2D eigenvalue weighted by molar-refractivity contribution is 0.146. The normalized spacial score (nSPS) is 10.8. The van der Waals surface area contributed by atoms with Gasteiger partial charge in [-0.15, -0.1) is 0 Å². The van der Waals surface area contributed by atoms with E-state index in [1.165, 1.54) is 24.4 Å². The summed E-state index contributed by atoms with van der Waals surface area (Å²) in [5, 5.41) is 5.92. The first-order valence-electron chi connectivity index (χ1n) is 9.03. The van der Waals surface area contributed by atoms with Gasteiger partial charge in [0.15, 0.2) is 11.6 Å². The Kier molecular flexibility index (Phi) is 6.81. The Labute approximate surface area is 181 Å². The van der Waals surface area contributed by atoms with Crippen LogP contribution in [-0.4, -0.2) is 21.5 Å². The highest BCUT2D eigenvalue weighted by Crippen LogP contribution is 2.37. The van der Waals surface area contributed by atoms with Crippen LogP contribution in [0.5, 0.6) is 11.5 Å². The van der Waals surface area contributed by atoms with Crippen molar-refractivity contribution in [2.24, 2.45) is 0 Å². The molecule has 1 aromatic carbocycles. The Bertz CT molecular complexity index is 1110. The number of nitrogens with zero attached hydrogens (tertiary/aromatic N) is 3. The van der Waals surface area contributed by atoms with E-state index in [1.54, 1.807) is 0 Å². The highest BCUT2D eigenvalue weighted by Gasteiger charge is 2.16. The van der Waals surface area contributed by atoms with Gasteiger partial charge in [-0.2, -0.15) is 4.98 Å². The molecule has 7 nitrogen and oxygen atoms in total. The third-order valence-corrected chi connectivity index (χ3v) is 4.13. The molecule has 2 aromatic heterocycles. The number of nitrogen functional groups attached to an aromatic ring is 1. The van der Waals surface area contributed by atoms with E-state index in [2.05, 4.69) is 32.2 Å². The minimum atomic E-state index is -2.82. The summed E-state index contributed by atoms with van der Waals surface area (Å²) < 4.78 is 46.1. The number of hydrogen-bond acceptors (Lipinski definition) is 7. The average Bonchev–Trinajstić information content (AvgIpc) is 2.69. The molecule has 0 unspecified atom stereocenters. The average molecular weight is 451 g/mol. The predicted octanol–water partition coefficient (Wildman–Crippen LogP) is 5.71. The van der Waals surface area contributed by atoms with Gasteiger partial charge in [-0.3, -0.25) is 0 Å². The second kappa shape index (κ2) is 9.52. The lowest BCUT2D eigenvalue weighted by atomic mass is 10.2. The molecular formula is C20H18ClF3N6O. The molecule has 3 rings (SSSR count). The second-order valence-corrected chi connectivity index (χ2v) is 6.63. The van der Waals surface area contributed by atoms with E-state index in [4.69, 9.17) is 22.1 Å². The number of pyridine rings is 1. The Balaban J connectivity index is 1.86. The summed E-state index contributed by atoms with van der Waals surface area (Å²) in [6.07, 6.45) is -1.33. The van der Waals surface area contributed by atoms with E-state index in [0.717, 1.165) is 12.1 Å². The van der Waals surface area contributed by atoms with Gasteiger partial charge in [0.1, 0.15) is 23.1 Å². The van der Waals surface area contributed by atoms with Crippen LogP contribution >= 0.6 is 11.6 Å². The largest absolute Gasteiger partial charge is 0.453 e. The molecule has 0 aliphatic rings. The summed E-state index contributed by atoms with van der Waals surface area (Å²) in [6.45, 7) is 6.18. The van der Waals surface area contributed by atoms with Crippen molar-refractivity contribution in [2.75, 3.05) is 22.9 Å². The number of halogens is 4. The van der Waals surface area contributed by atoms with Crippen molar-refractivity contribution < 1.29 is 17.9 Å². The first kappa shape index (κ1) is 22.2. The summed E-state index contributed by atoms with van der Waals surface area (Å²) >= 11 is 6.08. The van der Waals surface area contributed by atoms with E-state index >= 15 is 0 Å². The number of nitrogens with one attached hydrogen (secondary N) is 2. The van der Waals surface area contributed by atoms with Crippen LogP contribution < -0.4 is 21.1 Å². The van der Waals surface area contributed by atoms with E-state index < -0.39 is 17.9 Å². The standard InChI is InChI=1S/C20H18ClF3N6O/c1-3-26-19-17(10(2)21)15(6-7-27-19)31-14-5-4-11(8-12(14)22)28-16-9-13(18(23)24)29-20(25)30-16/h4-9,18H,2-3H2,1H3,(H,26,27)(H3,25,28,29,30). The van der Waals surface area contributed by atoms with E-state index in [0.29, 0.717) is 17.9 Å². The van der Waals surface area contributed by atoms with Crippen LogP contribution in [0.25, 0.3) is 5.03 Å². The summed E-state index contributed by atoms with van der Waals surface area (Å²) in [5.41, 5.74) is 5.55. The van der Waals surface area contributed by atoms with Gasteiger partial charge in [0.05, 0.1) is 5.56 Å². The van der Waals surface area contributed by atoms with Gasteiger partial charge in [0, 0.05) is 35.6 Å². The summed E-state index contributed by atoms with van der Waals surface area (Å²) in [6, 6.07) is 6.54. The van der Waals surface area contributed by atoms with E-state index in [-0.39, 0.29) is 34.0 Å². The number of hydrogen-bond donors (Lipinski definition) is 3. The summed E-state index contributed by atoms with van der Waals surface area (Å²) in [7, 11) is 0. The number of anilines is 4. The van der Waals surface area contributed by atoms with Crippen LogP contribution in [0.15, 0.2) is 43.1 Å². The lowest BCUT2D eigenvalue weighted by Gasteiger charge is -2.15. The van der Waals surface area contributed by atoms with Crippen LogP contribution in [0.2, 0.25) is 0 Å². The van der Waals surface area contributed by atoms with E-state index in [1.807, 2.05) is 6.92 Å². The van der Waals surface area contributed by atoms with Crippen molar-refractivity contribution in [3.05, 3.63) is 60.2 Å². The zero-order valence-electron chi connectivity index (χ0n) is 16.3. The molecule has 4 N–H and O–H groups in total. The van der Waals surface area contributed by atoms with Crippen LogP contribution in [0.3, 0.4) is 0 Å². The Hall–Kier alpha value is -3.53. The molecule has 162 valence electrons. The van der Waals surface area contributed by atoms with Crippen LogP contribution in [0.4, 0.5) is 36.4 Å². The molecule has 0 spiro atoms. The quantitative estimate of drug-likeness (QED) is 0.404. The fourth-order valence-corrected chi connectivity index (χ4v) is 2.86. The van der Waals surface area contributed by atoms with Gasteiger partial charge in [-0.1, -0.05) is 18.2 Å². The topological polar surface area (TPSA) is 98.0 Å². The monoisotopic (exact) mass is 450 g/mol. The van der Waals surface area contributed by atoms with Crippen molar-refractivity contribution in [3.8, 4) is 11.5 Å². The Morgan fingerprint density at radius 2 is 2.00 bits per heavy atom. The van der Waals surface area contributed by atoms with Crippen molar-refractivity contribution in [1.29, 1.82) is 0 Å². The van der Waals surface area contributed by atoms with Crippen molar-refractivity contribution >= 4 is 39.9 Å². The zero-order valence-corrected chi connectivity index (χ0v) is 17.1. The highest BCUT2D eigenvalue weighted by atomic mass is 35.5. The van der Waals surface area contributed by atoms with Gasteiger partial charge in [-0.25, -0.2) is 23.1 Å². The summed E-state index contributed by atoms with van der Waals surface area (Å²) in [5.74, 6) is -0.418. The smallest absolute Gasteiger partial charge is 0.280 e. The molecular weight excluding hydrogens is 433 g/mol. The van der Waals surface area contributed by atoms with Crippen molar-refractivity contribution in [3.63, 3.8) is 0 Å². The highest BCUT2D eigenvalue weighted by molar-refractivity contribution is 6.49. The predicted molar refractivity (Wildman–Crippen MR) is 114 cm³/mol. The fraction of sp³-hybridized carbons (Fsp3) is 0.150. The molecule has 31 heavy (non-hydrogen) atoms. The number of nitrogens with two attached hydrogens (primary N) is 1. The van der Waals surface area contributed by atoms with Crippen LogP contribution in [0, 0.1) is 5.82 Å². The maximum Gasteiger partial charge on any atom is 0.280 e. The minimum absolute atomic E-state index is 0.000935. The number of aromatic nitrogens is 3.